The first kappa shape index (κ1) is 11.4. The van der Waals surface area contributed by atoms with E-state index in [2.05, 4.69) is 4.98 Å². The van der Waals surface area contributed by atoms with Crippen LogP contribution in [0.2, 0.25) is 0 Å². The van der Waals surface area contributed by atoms with Crippen molar-refractivity contribution in [2.75, 3.05) is 6.61 Å². The van der Waals surface area contributed by atoms with Crippen molar-refractivity contribution in [3.05, 3.63) is 45.4 Å². The minimum Gasteiger partial charge on any atom is -0.492 e. The average molecular weight is 259 g/mol. The van der Waals surface area contributed by atoms with E-state index < -0.39 is 0 Å². The van der Waals surface area contributed by atoms with E-state index >= 15 is 0 Å². The maximum Gasteiger partial charge on any atom is 0.172 e. The van der Waals surface area contributed by atoms with Crippen LogP contribution in [0.15, 0.2) is 23.6 Å². The first-order valence-corrected chi connectivity index (χ1v) is 6.81. The zero-order valence-electron chi connectivity index (χ0n) is 10.1. The number of aromatic nitrogens is 1. The number of aryl methyl sites for hydroxylation is 1. The molecule has 0 saturated carbocycles. The van der Waals surface area contributed by atoms with E-state index in [-0.39, 0.29) is 5.78 Å². The highest BCUT2D eigenvalue weighted by atomic mass is 32.1. The molecule has 0 fully saturated rings. The van der Waals surface area contributed by atoms with Gasteiger partial charge >= 0.3 is 0 Å². The van der Waals surface area contributed by atoms with Crippen molar-refractivity contribution >= 4 is 17.1 Å². The molecule has 1 aromatic heterocycles. The number of rotatable bonds is 3. The van der Waals surface area contributed by atoms with E-state index in [1.54, 1.807) is 11.3 Å². The number of fused-ring (bicyclic) bond motifs is 1. The second-order valence-corrected chi connectivity index (χ2v) is 5.41. The summed E-state index contributed by atoms with van der Waals surface area (Å²) in [5, 5.41) is 2.93. The molecule has 0 aliphatic carbocycles. The molecule has 1 aromatic carbocycles. The Bertz CT molecular complexity index is 604. The molecule has 2 aromatic rings. The zero-order chi connectivity index (χ0) is 12.5. The van der Waals surface area contributed by atoms with E-state index in [0.717, 1.165) is 28.4 Å². The molecule has 0 amide bonds. The third-order valence-electron chi connectivity index (χ3n) is 3.02. The van der Waals surface area contributed by atoms with Gasteiger partial charge in [0.25, 0.3) is 0 Å². The Morgan fingerprint density at radius 3 is 3.17 bits per heavy atom. The van der Waals surface area contributed by atoms with Crippen LogP contribution >= 0.6 is 11.3 Å². The van der Waals surface area contributed by atoms with Gasteiger partial charge < -0.3 is 4.74 Å². The smallest absolute Gasteiger partial charge is 0.172 e. The molecule has 0 N–H and O–H groups in total. The number of nitrogens with zero attached hydrogens (tertiary/aromatic N) is 1. The molecular weight excluding hydrogens is 246 g/mol. The molecule has 2 heterocycles. The summed E-state index contributed by atoms with van der Waals surface area (Å²) in [5.41, 5.74) is 2.67. The SMILES string of the molecule is Cc1nc(CC(=O)c2cccc3c2OCC3)cs1. The van der Waals surface area contributed by atoms with Crippen LogP contribution in [0.3, 0.4) is 0 Å². The summed E-state index contributed by atoms with van der Waals surface area (Å²) < 4.78 is 5.55. The van der Waals surface area contributed by atoms with Gasteiger partial charge in [0.2, 0.25) is 0 Å². The third-order valence-corrected chi connectivity index (χ3v) is 3.85. The van der Waals surface area contributed by atoms with Gasteiger partial charge in [0.15, 0.2) is 5.78 Å². The largest absolute Gasteiger partial charge is 0.492 e. The van der Waals surface area contributed by atoms with E-state index in [1.165, 1.54) is 0 Å². The molecule has 18 heavy (non-hydrogen) atoms. The van der Waals surface area contributed by atoms with Gasteiger partial charge in [0, 0.05) is 11.8 Å². The van der Waals surface area contributed by atoms with Gasteiger partial charge in [-0.15, -0.1) is 11.3 Å². The molecule has 0 radical (unpaired) electrons. The average Bonchev–Trinajstić information content (AvgIpc) is 2.97. The zero-order valence-corrected chi connectivity index (χ0v) is 10.9. The van der Waals surface area contributed by atoms with Gasteiger partial charge in [-0.05, 0) is 18.6 Å². The highest BCUT2D eigenvalue weighted by Crippen LogP contribution is 2.30. The minimum absolute atomic E-state index is 0.0825. The van der Waals surface area contributed by atoms with Crippen molar-refractivity contribution in [1.82, 2.24) is 4.98 Å². The number of ether oxygens (including phenoxy) is 1. The van der Waals surface area contributed by atoms with Crippen LogP contribution in [0.4, 0.5) is 0 Å². The number of ketones is 1. The van der Waals surface area contributed by atoms with Crippen molar-refractivity contribution in [1.29, 1.82) is 0 Å². The Morgan fingerprint density at radius 1 is 1.50 bits per heavy atom. The summed E-state index contributed by atoms with van der Waals surface area (Å²) in [6.45, 7) is 2.62. The number of hydrogen-bond acceptors (Lipinski definition) is 4. The van der Waals surface area contributed by atoms with Crippen molar-refractivity contribution in [2.45, 2.75) is 19.8 Å². The van der Waals surface area contributed by atoms with Crippen LogP contribution in [-0.4, -0.2) is 17.4 Å². The first-order chi connectivity index (χ1) is 8.74. The second kappa shape index (κ2) is 4.53. The normalized spacial score (nSPS) is 13.2. The first-order valence-electron chi connectivity index (χ1n) is 5.93. The fourth-order valence-corrected chi connectivity index (χ4v) is 2.80. The Labute approximate surface area is 109 Å². The molecule has 92 valence electrons. The quantitative estimate of drug-likeness (QED) is 0.796. The lowest BCUT2D eigenvalue weighted by Gasteiger charge is -2.05. The number of thiazole rings is 1. The molecule has 4 heteroatoms. The standard InChI is InChI=1S/C14H13NO2S/c1-9-15-11(8-18-9)7-13(16)12-4-2-3-10-5-6-17-14(10)12/h2-4,8H,5-7H2,1H3. The van der Waals surface area contributed by atoms with E-state index in [4.69, 9.17) is 4.74 Å². The third kappa shape index (κ3) is 2.04. The van der Waals surface area contributed by atoms with Crippen LogP contribution in [0, 0.1) is 6.92 Å². The fraction of sp³-hybridized carbons (Fsp3) is 0.286. The summed E-state index contributed by atoms with van der Waals surface area (Å²) in [4.78, 5) is 16.6. The number of para-hydroxylation sites is 1. The molecule has 1 aliphatic heterocycles. The molecule has 0 atom stereocenters. The Hall–Kier alpha value is -1.68. The Balaban J connectivity index is 1.87. The molecular formula is C14H13NO2S. The topological polar surface area (TPSA) is 39.2 Å². The van der Waals surface area contributed by atoms with Crippen LogP contribution in [0.1, 0.15) is 26.6 Å². The summed E-state index contributed by atoms with van der Waals surface area (Å²) in [7, 11) is 0. The van der Waals surface area contributed by atoms with Gasteiger partial charge in [-0.25, -0.2) is 4.98 Å². The van der Waals surface area contributed by atoms with Crippen LogP contribution < -0.4 is 4.74 Å². The molecule has 1 aliphatic rings. The highest BCUT2D eigenvalue weighted by molar-refractivity contribution is 7.09. The number of Topliss-reactive ketones (excluding diaryl/α,β-unsaturated/α-hetero) is 1. The fourth-order valence-electron chi connectivity index (χ4n) is 2.18. The number of carbonyl (C=O) groups excluding carboxylic acids is 1. The molecule has 0 bridgehead atoms. The predicted octanol–water partition coefficient (Wildman–Crippen LogP) is 2.81. The molecule has 3 rings (SSSR count). The lowest BCUT2D eigenvalue weighted by Crippen LogP contribution is -2.05. The summed E-state index contributed by atoms with van der Waals surface area (Å²) in [5.74, 6) is 0.855. The van der Waals surface area contributed by atoms with Gasteiger partial charge in [-0.2, -0.15) is 0 Å². The lowest BCUT2D eigenvalue weighted by molar-refractivity contribution is 0.0989. The Morgan fingerprint density at radius 2 is 2.39 bits per heavy atom. The Kier molecular flexibility index (Phi) is 2.88. The van der Waals surface area contributed by atoms with Gasteiger partial charge in [-0.3, -0.25) is 4.79 Å². The van der Waals surface area contributed by atoms with Crippen LogP contribution in [-0.2, 0) is 12.8 Å². The van der Waals surface area contributed by atoms with Crippen molar-refractivity contribution in [3.63, 3.8) is 0 Å². The van der Waals surface area contributed by atoms with E-state index in [9.17, 15) is 4.79 Å². The molecule has 0 spiro atoms. The van der Waals surface area contributed by atoms with Crippen molar-refractivity contribution in [3.8, 4) is 5.75 Å². The summed E-state index contributed by atoms with van der Waals surface area (Å²) in [6, 6.07) is 5.78. The summed E-state index contributed by atoms with van der Waals surface area (Å²) in [6.07, 6.45) is 1.25. The molecule has 0 unspecified atom stereocenters. The van der Waals surface area contributed by atoms with E-state index in [1.807, 2.05) is 30.5 Å². The van der Waals surface area contributed by atoms with Gasteiger partial charge in [0.1, 0.15) is 5.75 Å². The number of benzene rings is 1. The lowest BCUT2D eigenvalue weighted by atomic mass is 10.0. The van der Waals surface area contributed by atoms with E-state index in [0.29, 0.717) is 18.6 Å². The minimum atomic E-state index is 0.0825. The maximum absolute atomic E-state index is 12.3. The maximum atomic E-state index is 12.3. The highest BCUT2D eigenvalue weighted by Gasteiger charge is 2.20. The molecule has 3 nitrogen and oxygen atoms in total. The predicted molar refractivity (Wildman–Crippen MR) is 70.5 cm³/mol. The van der Waals surface area contributed by atoms with Gasteiger partial charge in [-0.1, -0.05) is 12.1 Å². The second-order valence-electron chi connectivity index (χ2n) is 4.35. The van der Waals surface area contributed by atoms with Crippen molar-refractivity contribution in [2.24, 2.45) is 0 Å². The molecule has 0 saturated heterocycles. The summed E-state index contributed by atoms with van der Waals surface area (Å²) >= 11 is 1.57. The monoisotopic (exact) mass is 259 g/mol. The van der Waals surface area contributed by atoms with Gasteiger partial charge in [0.05, 0.1) is 29.3 Å². The number of hydrogen-bond donors (Lipinski definition) is 0. The van der Waals surface area contributed by atoms with Crippen LogP contribution in [0.25, 0.3) is 0 Å². The van der Waals surface area contributed by atoms with Crippen LogP contribution in [0.5, 0.6) is 5.75 Å². The number of carbonyl (C=O) groups is 1. The van der Waals surface area contributed by atoms with Crippen molar-refractivity contribution < 1.29 is 9.53 Å².